The van der Waals surface area contributed by atoms with Crippen LogP contribution in [0.25, 0.3) is 0 Å². The zero-order valence-electron chi connectivity index (χ0n) is 11.3. The van der Waals surface area contributed by atoms with Gasteiger partial charge in [0.05, 0.1) is 0 Å². The van der Waals surface area contributed by atoms with Crippen LogP contribution in [-0.2, 0) is 13.0 Å². The summed E-state index contributed by atoms with van der Waals surface area (Å²) in [6.45, 7) is 3.77. The topological polar surface area (TPSA) is 53.4 Å². The second kappa shape index (κ2) is 4.96. The summed E-state index contributed by atoms with van der Waals surface area (Å²) >= 11 is 0. The number of carboxylic acid groups (broad SMARTS) is 1. The number of carbonyl (C=O) groups is 1. The Labute approximate surface area is 117 Å². The number of aryl methyl sites for hydroxylation is 1. The maximum absolute atomic E-state index is 11.0. The fraction of sp³-hybridized carbons (Fsp3) is 0.250. The fourth-order valence-corrected chi connectivity index (χ4v) is 2.66. The lowest BCUT2D eigenvalue weighted by molar-refractivity contribution is 0.0690. The van der Waals surface area contributed by atoms with E-state index in [1.807, 2.05) is 6.07 Å². The fourth-order valence-electron chi connectivity index (χ4n) is 2.66. The van der Waals surface area contributed by atoms with Gasteiger partial charge in [0.25, 0.3) is 0 Å². The van der Waals surface area contributed by atoms with Crippen LogP contribution in [0.2, 0.25) is 0 Å². The summed E-state index contributed by atoms with van der Waals surface area (Å²) in [6, 6.07) is 11.5. The average molecular weight is 268 g/mol. The molecule has 0 aliphatic carbocycles. The zero-order chi connectivity index (χ0) is 14.1. The second-order valence-corrected chi connectivity index (χ2v) is 5.07. The highest BCUT2D eigenvalue weighted by atomic mass is 16.4. The minimum Gasteiger partial charge on any atom is -0.477 e. The number of aromatic carboxylic acids is 1. The van der Waals surface area contributed by atoms with Gasteiger partial charge in [-0.15, -0.1) is 0 Å². The number of carboxylic acids is 1. The minimum atomic E-state index is -0.986. The molecule has 4 heteroatoms. The molecule has 1 aromatic carbocycles. The lowest BCUT2D eigenvalue weighted by Gasteiger charge is -2.31. The zero-order valence-corrected chi connectivity index (χ0v) is 11.3. The molecular formula is C16H16N2O2. The van der Waals surface area contributed by atoms with E-state index < -0.39 is 5.97 Å². The van der Waals surface area contributed by atoms with Gasteiger partial charge in [-0.2, -0.15) is 0 Å². The summed E-state index contributed by atoms with van der Waals surface area (Å²) in [5.74, 6) is -0.251. The van der Waals surface area contributed by atoms with Gasteiger partial charge in [-0.05, 0) is 42.2 Å². The van der Waals surface area contributed by atoms with Crippen molar-refractivity contribution in [2.24, 2.45) is 0 Å². The van der Waals surface area contributed by atoms with Gasteiger partial charge in [-0.1, -0.05) is 24.3 Å². The summed E-state index contributed by atoms with van der Waals surface area (Å²) in [4.78, 5) is 17.4. The first-order chi connectivity index (χ1) is 9.65. The van der Waals surface area contributed by atoms with Gasteiger partial charge in [-0.25, -0.2) is 9.78 Å². The van der Waals surface area contributed by atoms with Gasteiger partial charge >= 0.3 is 5.97 Å². The monoisotopic (exact) mass is 268 g/mol. The van der Waals surface area contributed by atoms with E-state index in [4.69, 9.17) is 5.11 Å². The summed E-state index contributed by atoms with van der Waals surface area (Å²) in [5.41, 5.74) is 4.09. The van der Waals surface area contributed by atoms with Gasteiger partial charge < -0.3 is 10.0 Å². The molecule has 3 rings (SSSR count). The molecule has 0 amide bonds. The van der Waals surface area contributed by atoms with Crippen LogP contribution >= 0.6 is 0 Å². The summed E-state index contributed by atoms with van der Waals surface area (Å²) in [5, 5.41) is 9.03. The van der Waals surface area contributed by atoms with Crippen molar-refractivity contribution >= 4 is 11.8 Å². The molecule has 0 unspecified atom stereocenters. The van der Waals surface area contributed by atoms with Crippen LogP contribution in [-0.4, -0.2) is 22.6 Å². The third-order valence-electron chi connectivity index (χ3n) is 3.78. The van der Waals surface area contributed by atoms with Gasteiger partial charge in [0.2, 0.25) is 0 Å². The van der Waals surface area contributed by atoms with E-state index in [1.54, 1.807) is 6.07 Å². The molecule has 0 fully saturated rings. The van der Waals surface area contributed by atoms with Crippen LogP contribution in [0.5, 0.6) is 0 Å². The van der Waals surface area contributed by atoms with E-state index in [0.717, 1.165) is 25.3 Å². The predicted molar refractivity (Wildman–Crippen MR) is 77.1 cm³/mol. The molecule has 0 bridgehead atoms. The van der Waals surface area contributed by atoms with Gasteiger partial charge in [0.15, 0.2) is 5.69 Å². The number of rotatable bonds is 2. The van der Waals surface area contributed by atoms with Crippen molar-refractivity contribution in [1.82, 2.24) is 4.98 Å². The summed E-state index contributed by atoms with van der Waals surface area (Å²) in [6.07, 6.45) is 0.968. The van der Waals surface area contributed by atoms with E-state index in [2.05, 4.69) is 35.0 Å². The molecule has 0 radical (unpaired) electrons. The molecule has 0 atom stereocenters. The van der Waals surface area contributed by atoms with E-state index in [-0.39, 0.29) is 5.69 Å². The molecule has 1 aliphatic heterocycles. The highest BCUT2D eigenvalue weighted by molar-refractivity contribution is 5.85. The van der Waals surface area contributed by atoms with Gasteiger partial charge in [0, 0.05) is 13.1 Å². The maximum Gasteiger partial charge on any atom is 0.354 e. The van der Waals surface area contributed by atoms with Crippen LogP contribution in [0.1, 0.15) is 27.2 Å². The van der Waals surface area contributed by atoms with Crippen LogP contribution in [0, 0.1) is 6.92 Å². The van der Waals surface area contributed by atoms with Crippen molar-refractivity contribution in [3.63, 3.8) is 0 Å². The maximum atomic E-state index is 11.0. The highest BCUT2D eigenvalue weighted by Gasteiger charge is 2.19. The molecule has 20 heavy (non-hydrogen) atoms. The molecule has 1 aliphatic rings. The molecule has 0 spiro atoms. The van der Waals surface area contributed by atoms with Gasteiger partial charge in [0.1, 0.15) is 5.82 Å². The second-order valence-electron chi connectivity index (χ2n) is 5.07. The van der Waals surface area contributed by atoms with E-state index in [0.29, 0.717) is 0 Å². The van der Waals surface area contributed by atoms with Gasteiger partial charge in [-0.3, -0.25) is 0 Å². The number of fused-ring (bicyclic) bond motifs is 1. The van der Waals surface area contributed by atoms with E-state index >= 15 is 0 Å². The molecule has 0 saturated heterocycles. The molecule has 0 saturated carbocycles. The van der Waals surface area contributed by atoms with Crippen molar-refractivity contribution in [1.29, 1.82) is 0 Å². The first-order valence-corrected chi connectivity index (χ1v) is 6.68. The van der Waals surface area contributed by atoms with Crippen LogP contribution < -0.4 is 4.90 Å². The summed E-state index contributed by atoms with van der Waals surface area (Å²) in [7, 11) is 0. The molecule has 1 aromatic heterocycles. The van der Waals surface area contributed by atoms with Crippen LogP contribution in [0.3, 0.4) is 0 Å². The third-order valence-corrected chi connectivity index (χ3v) is 3.78. The Kier molecular flexibility index (Phi) is 3.14. The molecular weight excluding hydrogens is 252 g/mol. The Balaban J connectivity index is 1.92. The summed E-state index contributed by atoms with van der Waals surface area (Å²) < 4.78 is 0. The number of nitrogens with zero attached hydrogens (tertiary/aromatic N) is 2. The van der Waals surface area contributed by atoms with Crippen LogP contribution in [0.15, 0.2) is 36.4 Å². The van der Waals surface area contributed by atoms with E-state index in [9.17, 15) is 4.79 Å². The van der Waals surface area contributed by atoms with Crippen molar-refractivity contribution in [3.05, 3.63) is 58.8 Å². The minimum absolute atomic E-state index is 0.0954. The molecule has 4 nitrogen and oxygen atoms in total. The predicted octanol–water partition coefficient (Wildman–Crippen LogP) is 2.65. The normalized spacial score (nSPS) is 13.9. The number of pyridine rings is 1. The molecule has 2 aromatic rings. The van der Waals surface area contributed by atoms with E-state index in [1.165, 1.54) is 22.8 Å². The lowest BCUT2D eigenvalue weighted by Crippen LogP contribution is -2.31. The number of hydrogen-bond donors (Lipinski definition) is 1. The SMILES string of the molecule is Cc1cccc2c1CN(c1cccc(C(=O)O)n1)CC2. The Morgan fingerprint density at radius 2 is 2.05 bits per heavy atom. The Morgan fingerprint density at radius 3 is 2.85 bits per heavy atom. The number of anilines is 1. The Hall–Kier alpha value is -2.36. The third kappa shape index (κ3) is 2.25. The Bertz CT molecular complexity index is 667. The molecule has 2 heterocycles. The first kappa shape index (κ1) is 12.7. The van der Waals surface area contributed by atoms with Crippen molar-refractivity contribution in [3.8, 4) is 0 Å². The highest BCUT2D eigenvalue weighted by Crippen LogP contribution is 2.25. The van der Waals surface area contributed by atoms with Crippen molar-refractivity contribution < 1.29 is 9.90 Å². The van der Waals surface area contributed by atoms with Crippen molar-refractivity contribution in [2.45, 2.75) is 19.9 Å². The number of aromatic nitrogens is 1. The first-order valence-electron chi connectivity index (χ1n) is 6.68. The standard InChI is InChI=1S/C16H16N2O2/c1-11-4-2-5-12-8-9-18(10-13(11)12)15-7-3-6-14(17-15)16(19)20/h2-7H,8-10H2,1H3,(H,19,20). The molecule has 1 N–H and O–H groups in total. The average Bonchev–Trinajstić information content (AvgIpc) is 2.47. The quantitative estimate of drug-likeness (QED) is 0.909. The molecule has 102 valence electrons. The lowest BCUT2D eigenvalue weighted by atomic mass is 9.95. The number of hydrogen-bond acceptors (Lipinski definition) is 3. The van der Waals surface area contributed by atoms with Crippen LogP contribution in [0.4, 0.5) is 5.82 Å². The Morgan fingerprint density at radius 1 is 1.25 bits per heavy atom. The number of benzene rings is 1. The van der Waals surface area contributed by atoms with Crippen molar-refractivity contribution in [2.75, 3.05) is 11.4 Å². The largest absolute Gasteiger partial charge is 0.477 e. The smallest absolute Gasteiger partial charge is 0.354 e.